The number of likely N-dealkylation sites (tertiary alicyclic amines) is 1. The largest absolute Gasteiger partial charge is 0.476 e. The summed E-state index contributed by atoms with van der Waals surface area (Å²) in [5.41, 5.74) is -1.00. The van der Waals surface area contributed by atoms with Gasteiger partial charge in [0.2, 0.25) is 5.88 Å². The predicted molar refractivity (Wildman–Crippen MR) is 73.4 cm³/mol. The third-order valence-electron chi connectivity index (χ3n) is 4.29. The topological polar surface area (TPSA) is 67.6 Å². The van der Waals surface area contributed by atoms with Gasteiger partial charge in [0, 0.05) is 25.7 Å². The molecule has 1 unspecified atom stereocenters. The molecule has 3 rings (SSSR count). The lowest BCUT2D eigenvalue weighted by Gasteiger charge is -2.34. The molecule has 0 amide bonds. The van der Waals surface area contributed by atoms with Gasteiger partial charge in [-0.1, -0.05) is 0 Å². The van der Waals surface area contributed by atoms with Crippen LogP contribution in [0.1, 0.15) is 36.7 Å². The van der Waals surface area contributed by atoms with Crippen LogP contribution in [0, 0.1) is 0 Å². The summed E-state index contributed by atoms with van der Waals surface area (Å²) < 4.78 is 21.0. The zero-order valence-corrected chi connectivity index (χ0v) is 12.1. The van der Waals surface area contributed by atoms with Crippen molar-refractivity contribution < 1.29 is 19.0 Å². The van der Waals surface area contributed by atoms with E-state index in [1.165, 1.54) is 6.07 Å². The molecule has 1 saturated heterocycles. The van der Waals surface area contributed by atoms with Crippen LogP contribution < -0.4 is 4.74 Å². The summed E-state index contributed by atoms with van der Waals surface area (Å²) in [6.07, 6.45) is 2.04. The van der Waals surface area contributed by atoms with E-state index in [-0.39, 0.29) is 11.8 Å². The summed E-state index contributed by atoms with van der Waals surface area (Å²) in [6.45, 7) is 4.69. The van der Waals surface area contributed by atoms with E-state index in [0.29, 0.717) is 25.3 Å². The van der Waals surface area contributed by atoms with Crippen molar-refractivity contribution in [2.45, 2.75) is 44.5 Å². The van der Waals surface area contributed by atoms with Crippen molar-refractivity contribution in [3.05, 3.63) is 11.8 Å². The second-order valence-electron chi connectivity index (χ2n) is 6.14. The maximum absolute atomic E-state index is 13.7. The van der Waals surface area contributed by atoms with Crippen molar-refractivity contribution in [1.82, 2.24) is 14.7 Å². The van der Waals surface area contributed by atoms with Crippen molar-refractivity contribution in [2.75, 3.05) is 19.6 Å². The van der Waals surface area contributed by atoms with E-state index in [9.17, 15) is 9.18 Å². The second-order valence-corrected chi connectivity index (χ2v) is 6.14. The molecular weight excluding hydrogens is 277 g/mol. The molecule has 1 fully saturated rings. The van der Waals surface area contributed by atoms with Gasteiger partial charge in [-0.05, 0) is 26.2 Å². The van der Waals surface area contributed by atoms with Crippen LogP contribution in [0.4, 0.5) is 4.39 Å². The van der Waals surface area contributed by atoms with Crippen LogP contribution in [0.5, 0.6) is 5.88 Å². The number of alkyl halides is 1. The highest BCUT2D eigenvalue weighted by Gasteiger charge is 2.31. The Balaban J connectivity index is 1.46. The van der Waals surface area contributed by atoms with Gasteiger partial charge in [-0.2, -0.15) is 5.10 Å². The highest BCUT2D eigenvalue weighted by molar-refractivity contribution is 5.85. The first-order chi connectivity index (χ1) is 9.93. The summed E-state index contributed by atoms with van der Waals surface area (Å²) in [4.78, 5) is 13.1. The lowest BCUT2D eigenvalue weighted by atomic mass is 9.95. The number of carbonyl (C=O) groups is 1. The molecule has 116 valence electrons. The van der Waals surface area contributed by atoms with Gasteiger partial charge >= 0.3 is 5.97 Å². The Kier molecular flexibility index (Phi) is 3.61. The fraction of sp³-hybridized carbons (Fsp3) is 0.714. The SMILES string of the molecule is CC1(F)CCN(CCC2Cn3nc(C(=O)O)cc3O2)CC1. The average molecular weight is 297 g/mol. The Morgan fingerprint density at radius 1 is 1.57 bits per heavy atom. The molecular formula is C14H20FN3O3. The zero-order chi connectivity index (χ0) is 15.0. The minimum atomic E-state index is -1.04. The lowest BCUT2D eigenvalue weighted by Crippen LogP contribution is -2.41. The van der Waals surface area contributed by atoms with Gasteiger partial charge in [-0.25, -0.2) is 13.9 Å². The van der Waals surface area contributed by atoms with Gasteiger partial charge in [0.25, 0.3) is 0 Å². The number of halogens is 1. The van der Waals surface area contributed by atoms with Crippen LogP contribution in [0.3, 0.4) is 0 Å². The van der Waals surface area contributed by atoms with E-state index in [1.54, 1.807) is 11.6 Å². The summed E-state index contributed by atoms with van der Waals surface area (Å²) in [5.74, 6) is -0.521. The van der Waals surface area contributed by atoms with Gasteiger partial charge in [0.15, 0.2) is 5.69 Å². The number of fused-ring (bicyclic) bond motifs is 1. The van der Waals surface area contributed by atoms with E-state index in [4.69, 9.17) is 9.84 Å². The normalized spacial score (nSPS) is 24.6. The number of aromatic nitrogens is 2. The van der Waals surface area contributed by atoms with E-state index in [2.05, 4.69) is 10.00 Å². The summed E-state index contributed by atoms with van der Waals surface area (Å²) >= 11 is 0. The summed E-state index contributed by atoms with van der Waals surface area (Å²) in [7, 11) is 0. The third kappa shape index (κ3) is 3.18. The number of carboxylic acids is 1. The number of rotatable bonds is 4. The van der Waals surface area contributed by atoms with Gasteiger partial charge in [0.05, 0.1) is 6.54 Å². The Morgan fingerprint density at radius 2 is 2.29 bits per heavy atom. The molecule has 0 bridgehead atoms. The van der Waals surface area contributed by atoms with Crippen LogP contribution >= 0.6 is 0 Å². The van der Waals surface area contributed by atoms with Gasteiger partial charge < -0.3 is 14.7 Å². The van der Waals surface area contributed by atoms with Crippen LogP contribution in [-0.2, 0) is 6.54 Å². The molecule has 0 saturated carbocycles. The van der Waals surface area contributed by atoms with Crippen LogP contribution in [0.15, 0.2) is 6.07 Å². The lowest BCUT2D eigenvalue weighted by molar-refractivity contribution is 0.0663. The number of hydrogen-bond acceptors (Lipinski definition) is 4. The monoisotopic (exact) mass is 297 g/mol. The molecule has 1 aromatic heterocycles. The maximum atomic E-state index is 13.7. The Hall–Kier alpha value is -1.63. The Bertz CT molecular complexity index is 510. The predicted octanol–water partition coefficient (Wildman–Crippen LogP) is 1.56. The first-order valence-corrected chi connectivity index (χ1v) is 7.32. The Morgan fingerprint density at radius 3 is 2.90 bits per heavy atom. The molecule has 7 heteroatoms. The number of carboxylic acid groups (broad SMARTS) is 1. The zero-order valence-electron chi connectivity index (χ0n) is 12.1. The molecule has 1 aromatic rings. The van der Waals surface area contributed by atoms with E-state index in [1.807, 2.05) is 0 Å². The molecule has 0 spiro atoms. The van der Waals surface area contributed by atoms with Crippen molar-refractivity contribution in [2.24, 2.45) is 0 Å². The van der Waals surface area contributed by atoms with Crippen molar-refractivity contribution in [3.8, 4) is 5.88 Å². The van der Waals surface area contributed by atoms with E-state index >= 15 is 0 Å². The highest BCUT2D eigenvalue weighted by Crippen LogP contribution is 2.27. The molecule has 6 nitrogen and oxygen atoms in total. The number of aromatic carboxylic acids is 1. The van der Waals surface area contributed by atoms with Gasteiger partial charge in [-0.3, -0.25) is 0 Å². The minimum absolute atomic E-state index is 0.0155. The van der Waals surface area contributed by atoms with Gasteiger partial charge in [0.1, 0.15) is 11.8 Å². The molecule has 0 radical (unpaired) electrons. The molecule has 3 heterocycles. The standard InChI is InChI=1S/C14H20FN3O3/c1-14(15)3-6-17(7-4-14)5-2-10-9-18-12(21-10)8-11(16-18)13(19)20/h8,10H,2-7,9H2,1H3,(H,19,20). The molecule has 0 aliphatic carbocycles. The molecule has 2 aliphatic heterocycles. The number of ether oxygens (including phenoxy) is 1. The quantitative estimate of drug-likeness (QED) is 0.913. The molecule has 2 aliphatic rings. The van der Waals surface area contributed by atoms with Crippen molar-refractivity contribution in [3.63, 3.8) is 0 Å². The summed E-state index contributed by atoms with van der Waals surface area (Å²) in [5, 5.41) is 12.8. The number of hydrogen-bond donors (Lipinski definition) is 1. The number of nitrogens with zero attached hydrogens (tertiary/aromatic N) is 3. The smallest absolute Gasteiger partial charge is 0.356 e. The molecule has 1 N–H and O–H groups in total. The second kappa shape index (κ2) is 5.29. The van der Waals surface area contributed by atoms with Gasteiger partial charge in [-0.15, -0.1) is 0 Å². The maximum Gasteiger partial charge on any atom is 0.356 e. The molecule has 1 atom stereocenters. The van der Waals surface area contributed by atoms with Crippen molar-refractivity contribution in [1.29, 1.82) is 0 Å². The van der Waals surface area contributed by atoms with Crippen LogP contribution in [0.25, 0.3) is 0 Å². The fourth-order valence-corrected chi connectivity index (χ4v) is 2.85. The molecule has 0 aromatic carbocycles. The summed E-state index contributed by atoms with van der Waals surface area (Å²) in [6, 6.07) is 1.46. The average Bonchev–Trinajstić information content (AvgIpc) is 2.95. The minimum Gasteiger partial charge on any atom is -0.476 e. The van der Waals surface area contributed by atoms with Crippen LogP contribution in [-0.4, -0.2) is 57.2 Å². The first kappa shape index (κ1) is 14.3. The van der Waals surface area contributed by atoms with E-state index in [0.717, 1.165) is 26.1 Å². The van der Waals surface area contributed by atoms with Crippen LogP contribution in [0.2, 0.25) is 0 Å². The highest BCUT2D eigenvalue weighted by atomic mass is 19.1. The Labute approximate surface area is 122 Å². The number of piperidine rings is 1. The third-order valence-corrected chi connectivity index (χ3v) is 4.29. The van der Waals surface area contributed by atoms with Crippen molar-refractivity contribution >= 4 is 5.97 Å². The van der Waals surface area contributed by atoms with E-state index < -0.39 is 11.6 Å². The molecule has 21 heavy (non-hydrogen) atoms. The first-order valence-electron chi connectivity index (χ1n) is 7.32. The fourth-order valence-electron chi connectivity index (χ4n) is 2.85.